The summed E-state index contributed by atoms with van der Waals surface area (Å²) in [7, 11) is 0. The summed E-state index contributed by atoms with van der Waals surface area (Å²) in [5.74, 6) is 0.855. The minimum atomic E-state index is 0.330. The molecule has 2 heterocycles. The monoisotopic (exact) mass is 274 g/mol. The van der Waals surface area contributed by atoms with Gasteiger partial charge >= 0.3 is 0 Å². The molecular weight excluding hydrogens is 264 g/mol. The van der Waals surface area contributed by atoms with Crippen LogP contribution in [0.15, 0.2) is 41.1 Å². The lowest BCUT2D eigenvalue weighted by atomic mass is 10.2. The van der Waals surface area contributed by atoms with E-state index in [0.29, 0.717) is 22.4 Å². The molecule has 2 aromatic heterocycles. The van der Waals surface area contributed by atoms with Crippen molar-refractivity contribution in [2.24, 2.45) is 0 Å². The Morgan fingerprint density at radius 3 is 2.74 bits per heavy atom. The molecule has 0 unspecified atom stereocenters. The highest BCUT2D eigenvalue weighted by Gasteiger charge is 2.16. The summed E-state index contributed by atoms with van der Waals surface area (Å²) in [6.07, 6.45) is 1.74. The van der Waals surface area contributed by atoms with Gasteiger partial charge in [0.25, 0.3) is 5.89 Å². The maximum atomic E-state index is 6.10. The van der Waals surface area contributed by atoms with Crippen molar-refractivity contribution >= 4 is 11.6 Å². The van der Waals surface area contributed by atoms with Gasteiger partial charge in [0.05, 0.1) is 5.02 Å². The van der Waals surface area contributed by atoms with Gasteiger partial charge in [-0.15, -0.1) is 0 Å². The molecule has 0 saturated carbocycles. The largest absolute Gasteiger partial charge is 0.332 e. The van der Waals surface area contributed by atoms with Crippen LogP contribution >= 0.6 is 11.6 Å². The van der Waals surface area contributed by atoms with E-state index < -0.39 is 0 Å². The van der Waals surface area contributed by atoms with Crippen molar-refractivity contribution in [2.75, 3.05) is 0 Å². The molecule has 0 radical (unpaired) electrons. The lowest BCUT2D eigenvalue weighted by Crippen LogP contribution is -1.93. The molecule has 6 heteroatoms. The van der Waals surface area contributed by atoms with Crippen LogP contribution in [-0.2, 0) is 6.54 Å². The molecule has 0 atom stereocenters. The van der Waals surface area contributed by atoms with Crippen LogP contribution in [0, 0.1) is 0 Å². The van der Waals surface area contributed by atoms with E-state index in [-0.39, 0.29) is 0 Å². The maximum absolute atomic E-state index is 6.10. The highest BCUT2D eigenvalue weighted by molar-refractivity contribution is 6.32. The minimum Gasteiger partial charge on any atom is -0.332 e. The Morgan fingerprint density at radius 2 is 2.05 bits per heavy atom. The molecule has 0 fully saturated rings. The molecule has 96 valence electrons. The zero-order valence-corrected chi connectivity index (χ0v) is 11.0. The van der Waals surface area contributed by atoms with Crippen LogP contribution in [0.1, 0.15) is 6.92 Å². The Kier molecular flexibility index (Phi) is 3.05. The second-order valence-electron chi connectivity index (χ2n) is 3.97. The van der Waals surface area contributed by atoms with Crippen molar-refractivity contribution in [3.63, 3.8) is 0 Å². The zero-order chi connectivity index (χ0) is 13.2. The summed E-state index contributed by atoms with van der Waals surface area (Å²) < 4.78 is 6.95. The molecule has 0 N–H and O–H groups in total. The van der Waals surface area contributed by atoms with Crippen LogP contribution in [0.2, 0.25) is 5.02 Å². The van der Waals surface area contributed by atoms with E-state index in [0.717, 1.165) is 12.1 Å². The average molecular weight is 275 g/mol. The number of aryl methyl sites for hydroxylation is 1. The molecule has 0 spiro atoms. The lowest BCUT2D eigenvalue weighted by Gasteiger charge is -1.91. The van der Waals surface area contributed by atoms with Gasteiger partial charge in [-0.05, 0) is 6.92 Å². The average Bonchev–Trinajstić information content (AvgIpc) is 3.06. The van der Waals surface area contributed by atoms with Crippen molar-refractivity contribution in [3.05, 3.63) is 41.6 Å². The number of nitrogens with zero attached hydrogens (tertiary/aromatic N) is 4. The predicted octanol–water partition coefficient (Wildman–Crippen LogP) is 3.27. The Hall–Kier alpha value is -2.14. The Morgan fingerprint density at radius 1 is 1.26 bits per heavy atom. The molecule has 0 aliphatic carbocycles. The maximum Gasteiger partial charge on any atom is 0.280 e. The smallest absolute Gasteiger partial charge is 0.280 e. The third kappa shape index (κ3) is 2.24. The number of rotatable bonds is 3. The first-order valence-corrected chi connectivity index (χ1v) is 6.28. The van der Waals surface area contributed by atoms with E-state index in [2.05, 4.69) is 15.2 Å². The first-order chi connectivity index (χ1) is 9.28. The van der Waals surface area contributed by atoms with E-state index in [9.17, 15) is 0 Å². The van der Waals surface area contributed by atoms with Crippen molar-refractivity contribution in [3.8, 4) is 23.0 Å². The van der Waals surface area contributed by atoms with E-state index >= 15 is 0 Å². The summed E-state index contributed by atoms with van der Waals surface area (Å²) in [5, 5.41) is 8.74. The van der Waals surface area contributed by atoms with Gasteiger partial charge in [-0.2, -0.15) is 10.1 Å². The number of aromatic nitrogens is 4. The lowest BCUT2D eigenvalue weighted by molar-refractivity contribution is 0.430. The molecule has 1 aromatic carbocycles. The van der Waals surface area contributed by atoms with E-state index in [1.165, 1.54) is 0 Å². The molecule has 0 amide bonds. The Balaban J connectivity index is 1.99. The SMILES string of the molecule is CCn1cc(Cl)c(-c2nc(-c3ccccc3)no2)n1. The highest BCUT2D eigenvalue weighted by Crippen LogP contribution is 2.26. The molecule has 3 rings (SSSR count). The molecule has 0 aliphatic rings. The number of halogens is 1. The fourth-order valence-corrected chi connectivity index (χ4v) is 1.96. The van der Waals surface area contributed by atoms with Crippen LogP contribution in [-0.4, -0.2) is 19.9 Å². The minimum absolute atomic E-state index is 0.330. The van der Waals surface area contributed by atoms with Gasteiger partial charge in [-0.25, -0.2) is 0 Å². The number of hydrogen-bond donors (Lipinski definition) is 0. The molecule has 0 aliphatic heterocycles. The molecule has 3 aromatic rings. The zero-order valence-electron chi connectivity index (χ0n) is 10.2. The fraction of sp³-hybridized carbons (Fsp3) is 0.154. The van der Waals surface area contributed by atoms with Crippen molar-refractivity contribution < 1.29 is 4.52 Å². The number of hydrogen-bond acceptors (Lipinski definition) is 4. The first kappa shape index (κ1) is 11.9. The third-order valence-electron chi connectivity index (χ3n) is 2.70. The van der Waals surface area contributed by atoms with Gasteiger partial charge in [0.1, 0.15) is 0 Å². The summed E-state index contributed by atoms with van der Waals surface area (Å²) >= 11 is 6.10. The van der Waals surface area contributed by atoms with Crippen LogP contribution in [0.3, 0.4) is 0 Å². The molecule has 5 nitrogen and oxygen atoms in total. The van der Waals surface area contributed by atoms with Crippen LogP contribution in [0.4, 0.5) is 0 Å². The predicted molar refractivity (Wildman–Crippen MR) is 71.6 cm³/mol. The molecule has 19 heavy (non-hydrogen) atoms. The second kappa shape index (κ2) is 4.85. The molecule has 0 bridgehead atoms. The normalized spacial score (nSPS) is 10.8. The third-order valence-corrected chi connectivity index (χ3v) is 2.98. The summed E-state index contributed by atoms with van der Waals surface area (Å²) in [6, 6.07) is 9.61. The van der Waals surface area contributed by atoms with Gasteiger partial charge in [0, 0.05) is 18.3 Å². The van der Waals surface area contributed by atoms with E-state index in [4.69, 9.17) is 16.1 Å². The summed E-state index contributed by atoms with van der Waals surface area (Å²) in [5.41, 5.74) is 1.40. The van der Waals surface area contributed by atoms with E-state index in [1.54, 1.807) is 10.9 Å². The second-order valence-corrected chi connectivity index (χ2v) is 4.38. The quantitative estimate of drug-likeness (QED) is 0.735. The summed E-state index contributed by atoms with van der Waals surface area (Å²) in [4.78, 5) is 4.32. The van der Waals surface area contributed by atoms with Gasteiger partial charge in [-0.1, -0.05) is 47.1 Å². The number of benzene rings is 1. The van der Waals surface area contributed by atoms with Crippen LogP contribution < -0.4 is 0 Å². The van der Waals surface area contributed by atoms with Gasteiger partial charge < -0.3 is 4.52 Å². The van der Waals surface area contributed by atoms with Gasteiger partial charge in [-0.3, -0.25) is 4.68 Å². The topological polar surface area (TPSA) is 56.7 Å². The van der Waals surface area contributed by atoms with Crippen LogP contribution in [0.25, 0.3) is 23.0 Å². The van der Waals surface area contributed by atoms with Crippen molar-refractivity contribution in [1.29, 1.82) is 0 Å². The summed E-state index contributed by atoms with van der Waals surface area (Å²) in [6.45, 7) is 2.72. The van der Waals surface area contributed by atoms with E-state index in [1.807, 2.05) is 37.3 Å². The van der Waals surface area contributed by atoms with Crippen LogP contribution in [0.5, 0.6) is 0 Å². The molecule has 0 saturated heterocycles. The first-order valence-electron chi connectivity index (χ1n) is 5.90. The molecular formula is C13H11ClN4O. The van der Waals surface area contributed by atoms with Gasteiger partial charge in [0.15, 0.2) is 5.69 Å². The van der Waals surface area contributed by atoms with Crippen molar-refractivity contribution in [1.82, 2.24) is 19.9 Å². The standard InChI is InChI=1S/C13H11ClN4O/c1-2-18-8-10(14)11(16-18)13-15-12(17-19-13)9-6-4-3-5-7-9/h3-8H,2H2,1H3. The Labute approximate surface area is 114 Å². The van der Waals surface area contributed by atoms with Crippen molar-refractivity contribution in [2.45, 2.75) is 13.5 Å². The Bertz CT molecular complexity index is 690. The van der Waals surface area contributed by atoms with Gasteiger partial charge in [0.2, 0.25) is 5.82 Å². The highest BCUT2D eigenvalue weighted by atomic mass is 35.5. The fourth-order valence-electron chi connectivity index (χ4n) is 1.73.